The number of nitrogens with two attached hydrogens (primary N) is 1. The van der Waals surface area contributed by atoms with Crippen molar-refractivity contribution in [3.8, 4) is 0 Å². The summed E-state index contributed by atoms with van der Waals surface area (Å²) in [6.07, 6.45) is 3.16. The van der Waals surface area contributed by atoms with Gasteiger partial charge in [-0.2, -0.15) is 5.10 Å². The Hall–Kier alpha value is -2.37. The van der Waals surface area contributed by atoms with Crippen LogP contribution in [-0.2, 0) is 0 Å². The summed E-state index contributed by atoms with van der Waals surface area (Å²) in [4.78, 5) is 16.0. The second-order valence-electron chi connectivity index (χ2n) is 3.78. The first-order chi connectivity index (χ1) is 8.08. The highest BCUT2D eigenvalue weighted by atomic mass is 16.1. The number of aryl methyl sites for hydroxylation is 2. The van der Waals surface area contributed by atoms with E-state index in [-0.39, 0.29) is 5.91 Å². The lowest BCUT2D eigenvalue weighted by Crippen LogP contribution is -2.15. The van der Waals surface area contributed by atoms with E-state index in [1.54, 1.807) is 19.2 Å². The third-order valence-corrected chi connectivity index (χ3v) is 2.42. The van der Waals surface area contributed by atoms with Crippen molar-refractivity contribution in [2.75, 3.05) is 11.1 Å². The molecule has 0 saturated heterocycles. The molecular weight excluding hydrogens is 218 g/mol. The third-order valence-electron chi connectivity index (χ3n) is 2.42. The van der Waals surface area contributed by atoms with Crippen LogP contribution >= 0.6 is 0 Å². The number of H-pyrrole nitrogens is 1. The van der Waals surface area contributed by atoms with Crippen LogP contribution in [0.3, 0.4) is 0 Å². The molecule has 0 bridgehead atoms. The average molecular weight is 231 g/mol. The van der Waals surface area contributed by atoms with Crippen LogP contribution in [0.4, 0.5) is 11.5 Å². The Labute approximate surface area is 98.3 Å². The van der Waals surface area contributed by atoms with Gasteiger partial charge >= 0.3 is 0 Å². The first-order valence-corrected chi connectivity index (χ1v) is 5.11. The molecule has 0 fully saturated rings. The Balaban J connectivity index is 2.26. The molecule has 2 rings (SSSR count). The number of hydrogen-bond acceptors (Lipinski definition) is 4. The van der Waals surface area contributed by atoms with Gasteiger partial charge in [0.05, 0.1) is 29.3 Å². The molecule has 2 aromatic rings. The van der Waals surface area contributed by atoms with Crippen LogP contribution in [0, 0.1) is 13.8 Å². The lowest BCUT2D eigenvalue weighted by Gasteiger charge is -2.06. The molecule has 0 unspecified atom stereocenters. The lowest BCUT2D eigenvalue weighted by molar-refractivity contribution is 0.102. The largest absolute Gasteiger partial charge is 0.397 e. The van der Waals surface area contributed by atoms with E-state index in [0.717, 1.165) is 5.56 Å². The quantitative estimate of drug-likeness (QED) is 0.724. The van der Waals surface area contributed by atoms with Crippen LogP contribution in [-0.4, -0.2) is 21.1 Å². The molecule has 0 aromatic carbocycles. The molecule has 0 saturated carbocycles. The van der Waals surface area contributed by atoms with Gasteiger partial charge in [0.25, 0.3) is 5.91 Å². The van der Waals surface area contributed by atoms with Gasteiger partial charge in [-0.15, -0.1) is 0 Å². The van der Waals surface area contributed by atoms with Crippen LogP contribution in [0.25, 0.3) is 0 Å². The molecule has 0 radical (unpaired) electrons. The minimum atomic E-state index is -0.255. The zero-order valence-corrected chi connectivity index (χ0v) is 9.61. The second kappa shape index (κ2) is 4.25. The lowest BCUT2D eigenvalue weighted by atomic mass is 10.2. The average Bonchev–Trinajstić information content (AvgIpc) is 2.68. The molecule has 88 valence electrons. The summed E-state index contributed by atoms with van der Waals surface area (Å²) in [5.41, 5.74) is 8.03. The fraction of sp³-hybridized carbons (Fsp3) is 0.182. The summed E-state index contributed by atoms with van der Waals surface area (Å²) in [5.74, 6) is 0.325. The summed E-state index contributed by atoms with van der Waals surface area (Å²) in [6.45, 7) is 3.61. The SMILES string of the molecule is Cc1cn[nH]c1NC(=O)c1cc(N)cnc1C. The number of hydrogen-bond donors (Lipinski definition) is 3. The number of amides is 1. The van der Waals surface area contributed by atoms with E-state index < -0.39 is 0 Å². The van der Waals surface area contributed by atoms with Gasteiger partial charge in [0, 0.05) is 5.56 Å². The normalized spacial score (nSPS) is 10.2. The van der Waals surface area contributed by atoms with Crippen molar-refractivity contribution in [3.05, 3.63) is 35.3 Å². The standard InChI is InChI=1S/C11H13N5O/c1-6-4-14-16-10(6)15-11(17)9-3-8(12)5-13-7(9)2/h3-5H,12H2,1-2H3,(H2,14,15,16,17). The van der Waals surface area contributed by atoms with Gasteiger partial charge in [0.15, 0.2) is 0 Å². The van der Waals surface area contributed by atoms with E-state index in [1.165, 1.54) is 6.20 Å². The smallest absolute Gasteiger partial charge is 0.258 e. The van der Waals surface area contributed by atoms with E-state index in [9.17, 15) is 4.79 Å². The highest BCUT2D eigenvalue weighted by Crippen LogP contribution is 2.14. The van der Waals surface area contributed by atoms with Crippen molar-refractivity contribution >= 4 is 17.4 Å². The van der Waals surface area contributed by atoms with Crippen LogP contribution in [0.15, 0.2) is 18.5 Å². The van der Waals surface area contributed by atoms with E-state index in [4.69, 9.17) is 5.73 Å². The molecule has 0 aliphatic heterocycles. The fourth-order valence-electron chi connectivity index (χ4n) is 1.43. The number of anilines is 2. The zero-order valence-electron chi connectivity index (χ0n) is 9.61. The van der Waals surface area contributed by atoms with Gasteiger partial charge in [0.1, 0.15) is 5.82 Å². The fourth-order valence-corrected chi connectivity index (χ4v) is 1.43. The van der Waals surface area contributed by atoms with Crippen molar-refractivity contribution in [1.82, 2.24) is 15.2 Å². The van der Waals surface area contributed by atoms with Crippen LogP contribution < -0.4 is 11.1 Å². The Kier molecular flexibility index (Phi) is 2.78. The van der Waals surface area contributed by atoms with Gasteiger partial charge in [-0.05, 0) is 19.9 Å². The minimum absolute atomic E-state index is 0.255. The second-order valence-corrected chi connectivity index (χ2v) is 3.78. The Morgan fingerprint density at radius 3 is 2.82 bits per heavy atom. The summed E-state index contributed by atoms with van der Waals surface area (Å²) in [7, 11) is 0. The van der Waals surface area contributed by atoms with Crippen LogP contribution in [0.2, 0.25) is 0 Å². The molecule has 0 aliphatic carbocycles. The summed E-state index contributed by atoms with van der Waals surface area (Å²) < 4.78 is 0. The maximum Gasteiger partial charge on any atom is 0.258 e. The monoisotopic (exact) mass is 231 g/mol. The minimum Gasteiger partial charge on any atom is -0.397 e. The molecule has 0 aliphatic rings. The summed E-state index contributed by atoms with van der Waals surface area (Å²) in [5, 5.41) is 9.26. The van der Waals surface area contributed by atoms with Crippen LogP contribution in [0.1, 0.15) is 21.6 Å². The first-order valence-electron chi connectivity index (χ1n) is 5.11. The van der Waals surface area contributed by atoms with Crippen molar-refractivity contribution < 1.29 is 4.79 Å². The third kappa shape index (κ3) is 2.25. The van der Waals surface area contributed by atoms with Gasteiger partial charge in [-0.25, -0.2) is 0 Å². The highest BCUT2D eigenvalue weighted by Gasteiger charge is 2.12. The Bertz CT molecular complexity index is 561. The van der Waals surface area contributed by atoms with E-state index in [2.05, 4.69) is 20.5 Å². The number of nitrogen functional groups attached to an aromatic ring is 1. The molecule has 6 nitrogen and oxygen atoms in total. The van der Waals surface area contributed by atoms with E-state index in [1.807, 2.05) is 6.92 Å². The van der Waals surface area contributed by atoms with Crippen molar-refractivity contribution in [1.29, 1.82) is 0 Å². The number of rotatable bonds is 2. The van der Waals surface area contributed by atoms with Gasteiger partial charge in [0.2, 0.25) is 0 Å². The predicted octanol–water partition coefficient (Wildman–Crippen LogP) is 1.26. The molecule has 1 amide bonds. The van der Waals surface area contributed by atoms with Crippen molar-refractivity contribution in [2.24, 2.45) is 0 Å². The Morgan fingerprint density at radius 2 is 2.18 bits per heavy atom. The Morgan fingerprint density at radius 1 is 1.41 bits per heavy atom. The maximum atomic E-state index is 12.0. The molecule has 6 heteroatoms. The van der Waals surface area contributed by atoms with Crippen LogP contribution in [0.5, 0.6) is 0 Å². The number of aromatic nitrogens is 3. The summed E-state index contributed by atoms with van der Waals surface area (Å²) >= 11 is 0. The molecule has 0 spiro atoms. The molecule has 2 aromatic heterocycles. The molecular formula is C11H13N5O. The topological polar surface area (TPSA) is 96.7 Å². The van der Waals surface area contributed by atoms with E-state index >= 15 is 0 Å². The van der Waals surface area contributed by atoms with Crippen molar-refractivity contribution in [3.63, 3.8) is 0 Å². The number of pyridine rings is 1. The number of carbonyl (C=O) groups is 1. The molecule has 0 atom stereocenters. The van der Waals surface area contributed by atoms with E-state index in [0.29, 0.717) is 22.8 Å². The van der Waals surface area contributed by atoms with Gasteiger partial charge < -0.3 is 11.1 Å². The highest BCUT2D eigenvalue weighted by molar-refractivity contribution is 6.05. The van der Waals surface area contributed by atoms with Crippen molar-refractivity contribution in [2.45, 2.75) is 13.8 Å². The predicted molar refractivity (Wildman–Crippen MR) is 64.7 cm³/mol. The molecule has 17 heavy (non-hydrogen) atoms. The number of nitrogens with one attached hydrogen (secondary N) is 2. The zero-order chi connectivity index (χ0) is 12.4. The summed E-state index contributed by atoms with van der Waals surface area (Å²) in [6, 6.07) is 1.60. The first kappa shape index (κ1) is 11.1. The molecule has 4 N–H and O–H groups in total. The number of aromatic amines is 1. The maximum absolute atomic E-state index is 12.0. The van der Waals surface area contributed by atoms with Gasteiger partial charge in [-0.1, -0.05) is 0 Å². The number of carbonyl (C=O) groups excluding carboxylic acids is 1. The molecule has 2 heterocycles. The van der Waals surface area contributed by atoms with Gasteiger partial charge in [-0.3, -0.25) is 14.9 Å². The number of nitrogens with zero attached hydrogens (tertiary/aromatic N) is 2.